The van der Waals surface area contributed by atoms with Crippen LogP contribution in [0.3, 0.4) is 0 Å². The fraction of sp³-hybridized carbons (Fsp3) is 0.562. The first-order valence-electron chi connectivity index (χ1n) is 6.87. The molecule has 19 heavy (non-hydrogen) atoms. The molecule has 3 heteroatoms. The number of aliphatic hydroxyl groups is 1. The van der Waals surface area contributed by atoms with Crippen molar-refractivity contribution in [2.45, 2.75) is 46.1 Å². The molecule has 0 aliphatic rings. The number of benzene rings is 1. The quantitative estimate of drug-likeness (QED) is 0.828. The normalized spacial score (nSPS) is 13.1. The topological polar surface area (TPSA) is 49.3 Å². The van der Waals surface area contributed by atoms with Gasteiger partial charge in [0.05, 0.1) is 6.04 Å². The van der Waals surface area contributed by atoms with Crippen molar-refractivity contribution in [3.05, 3.63) is 35.9 Å². The van der Waals surface area contributed by atoms with Crippen LogP contribution in [-0.2, 0) is 4.79 Å². The first-order valence-corrected chi connectivity index (χ1v) is 6.87. The van der Waals surface area contributed by atoms with Crippen molar-refractivity contribution in [3.63, 3.8) is 0 Å². The lowest BCUT2D eigenvalue weighted by Gasteiger charge is -2.21. The number of nitrogens with one attached hydrogen (secondary N) is 1. The highest BCUT2D eigenvalue weighted by atomic mass is 16.3. The maximum atomic E-state index is 12.0. The summed E-state index contributed by atoms with van der Waals surface area (Å²) in [6.45, 7) is 6.45. The Balaban J connectivity index is 2.57. The van der Waals surface area contributed by atoms with Crippen LogP contribution in [0, 0.1) is 5.41 Å². The zero-order chi connectivity index (χ0) is 14.3. The Bertz CT molecular complexity index is 381. The summed E-state index contributed by atoms with van der Waals surface area (Å²) in [6.07, 6.45) is 1.93. The summed E-state index contributed by atoms with van der Waals surface area (Å²) in [6, 6.07) is 9.69. The van der Waals surface area contributed by atoms with Crippen molar-refractivity contribution in [1.82, 2.24) is 5.32 Å². The molecule has 0 radical (unpaired) electrons. The molecular weight excluding hydrogens is 238 g/mol. The van der Waals surface area contributed by atoms with Gasteiger partial charge in [0.2, 0.25) is 5.91 Å². The van der Waals surface area contributed by atoms with Gasteiger partial charge in [-0.05, 0) is 23.8 Å². The van der Waals surface area contributed by atoms with Crippen molar-refractivity contribution in [2.24, 2.45) is 5.41 Å². The summed E-state index contributed by atoms with van der Waals surface area (Å²) >= 11 is 0. The fourth-order valence-corrected chi connectivity index (χ4v) is 1.89. The van der Waals surface area contributed by atoms with Crippen molar-refractivity contribution in [3.8, 4) is 0 Å². The van der Waals surface area contributed by atoms with Gasteiger partial charge in [0.25, 0.3) is 0 Å². The van der Waals surface area contributed by atoms with Gasteiger partial charge in [-0.25, -0.2) is 0 Å². The lowest BCUT2D eigenvalue weighted by atomic mass is 9.90. The van der Waals surface area contributed by atoms with Gasteiger partial charge in [0.1, 0.15) is 0 Å². The number of rotatable bonds is 6. The summed E-state index contributed by atoms with van der Waals surface area (Å²) in [7, 11) is 0. The van der Waals surface area contributed by atoms with Crippen LogP contribution >= 0.6 is 0 Å². The first-order chi connectivity index (χ1) is 8.92. The van der Waals surface area contributed by atoms with Crippen molar-refractivity contribution in [1.29, 1.82) is 0 Å². The molecule has 0 bridgehead atoms. The van der Waals surface area contributed by atoms with Gasteiger partial charge in [0.15, 0.2) is 0 Å². The van der Waals surface area contributed by atoms with Gasteiger partial charge >= 0.3 is 0 Å². The van der Waals surface area contributed by atoms with E-state index in [2.05, 4.69) is 26.1 Å². The number of carbonyl (C=O) groups is 1. The lowest BCUT2D eigenvalue weighted by Crippen LogP contribution is -2.29. The molecule has 1 atom stereocenters. The second-order valence-electron chi connectivity index (χ2n) is 6.10. The Morgan fingerprint density at radius 3 is 2.42 bits per heavy atom. The van der Waals surface area contributed by atoms with E-state index in [1.54, 1.807) is 0 Å². The zero-order valence-electron chi connectivity index (χ0n) is 12.1. The van der Waals surface area contributed by atoms with E-state index in [0.717, 1.165) is 12.0 Å². The Labute approximate surface area is 116 Å². The van der Waals surface area contributed by atoms with Gasteiger partial charge in [0, 0.05) is 13.0 Å². The van der Waals surface area contributed by atoms with Crippen LogP contribution in [0.1, 0.15) is 51.6 Å². The van der Waals surface area contributed by atoms with Crippen LogP contribution in [0.4, 0.5) is 0 Å². The zero-order valence-corrected chi connectivity index (χ0v) is 12.1. The van der Waals surface area contributed by atoms with Crippen molar-refractivity contribution < 1.29 is 9.90 Å². The van der Waals surface area contributed by atoms with E-state index in [0.29, 0.717) is 12.8 Å². The molecule has 1 unspecified atom stereocenters. The minimum atomic E-state index is -0.0985. The molecule has 3 nitrogen and oxygen atoms in total. The van der Waals surface area contributed by atoms with Gasteiger partial charge in [-0.1, -0.05) is 51.1 Å². The lowest BCUT2D eigenvalue weighted by molar-refractivity contribution is -0.122. The maximum absolute atomic E-state index is 12.0. The number of hydrogen-bond donors (Lipinski definition) is 2. The van der Waals surface area contributed by atoms with Crippen LogP contribution in [0.15, 0.2) is 30.3 Å². The number of aliphatic hydroxyl groups excluding tert-OH is 1. The molecular formula is C16H25NO2. The Morgan fingerprint density at radius 2 is 1.89 bits per heavy atom. The average Bonchev–Trinajstić information content (AvgIpc) is 2.36. The standard InChI is InChI=1S/C16H25NO2/c1-16(2,3)11-9-15(19)17-14(10-12-18)13-7-5-4-6-8-13/h4-8,14,18H,9-12H2,1-3H3,(H,17,19). The van der Waals surface area contributed by atoms with Crippen LogP contribution in [0.5, 0.6) is 0 Å². The summed E-state index contributed by atoms with van der Waals surface area (Å²) in [5.41, 5.74) is 1.21. The molecule has 1 rings (SSSR count). The Kier molecular flexibility index (Phi) is 6.03. The average molecular weight is 263 g/mol. The van der Waals surface area contributed by atoms with E-state index in [1.807, 2.05) is 30.3 Å². The Hall–Kier alpha value is -1.35. The summed E-state index contributed by atoms with van der Waals surface area (Å²) < 4.78 is 0. The predicted octanol–water partition coefficient (Wildman–Crippen LogP) is 3.05. The SMILES string of the molecule is CC(C)(C)CCC(=O)NC(CCO)c1ccccc1. The third-order valence-corrected chi connectivity index (χ3v) is 3.06. The maximum Gasteiger partial charge on any atom is 0.220 e. The third-order valence-electron chi connectivity index (χ3n) is 3.06. The molecule has 0 saturated carbocycles. The molecule has 0 aliphatic heterocycles. The summed E-state index contributed by atoms with van der Waals surface area (Å²) in [5, 5.41) is 12.1. The monoisotopic (exact) mass is 263 g/mol. The van der Waals surface area contributed by atoms with E-state index in [9.17, 15) is 4.79 Å². The molecule has 0 spiro atoms. The molecule has 2 N–H and O–H groups in total. The molecule has 0 fully saturated rings. The van der Waals surface area contributed by atoms with E-state index in [-0.39, 0.29) is 24.0 Å². The van der Waals surface area contributed by atoms with Crippen molar-refractivity contribution in [2.75, 3.05) is 6.61 Å². The molecule has 0 heterocycles. The number of hydrogen-bond acceptors (Lipinski definition) is 2. The third kappa shape index (κ3) is 6.39. The van der Waals surface area contributed by atoms with E-state index in [4.69, 9.17) is 5.11 Å². The summed E-state index contributed by atoms with van der Waals surface area (Å²) in [5.74, 6) is 0.0530. The second kappa shape index (κ2) is 7.29. The van der Waals surface area contributed by atoms with Gasteiger partial charge in [-0.3, -0.25) is 4.79 Å². The predicted molar refractivity (Wildman–Crippen MR) is 77.7 cm³/mol. The molecule has 106 valence electrons. The summed E-state index contributed by atoms with van der Waals surface area (Å²) in [4.78, 5) is 12.0. The van der Waals surface area contributed by atoms with E-state index in [1.165, 1.54) is 0 Å². The number of amides is 1. The van der Waals surface area contributed by atoms with Gasteiger partial charge in [-0.2, -0.15) is 0 Å². The van der Waals surface area contributed by atoms with Crippen LogP contribution in [0.2, 0.25) is 0 Å². The smallest absolute Gasteiger partial charge is 0.220 e. The molecule has 1 aromatic carbocycles. The molecule has 0 aromatic heterocycles. The van der Waals surface area contributed by atoms with Crippen LogP contribution in [0.25, 0.3) is 0 Å². The first kappa shape index (κ1) is 15.7. The molecule has 1 aromatic rings. The van der Waals surface area contributed by atoms with E-state index < -0.39 is 0 Å². The van der Waals surface area contributed by atoms with Crippen molar-refractivity contribution >= 4 is 5.91 Å². The number of carbonyl (C=O) groups excluding carboxylic acids is 1. The van der Waals surface area contributed by atoms with Crippen LogP contribution in [-0.4, -0.2) is 17.6 Å². The highest BCUT2D eigenvalue weighted by molar-refractivity contribution is 5.76. The fourth-order valence-electron chi connectivity index (χ4n) is 1.89. The van der Waals surface area contributed by atoms with Gasteiger partial charge in [-0.15, -0.1) is 0 Å². The van der Waals surface area contributed by atoms with E-state index >= 15 is 0 Å². The largest absolute Gasteiger partial charge is 0.396 e. The Morgan fingerprint density at radius 1 is 1.26 bits per heavy atom. The van der Waals surface area contributed by atoms with Gasteiger partial charge < -0.3 is 10.4 Å². The molecule has 0 saturated heterocycles. The highest BCUT2D eigenvalue weighted by Crippen LogP contribution is 2.21. The molecule has 1 amide bonds. The second-order valence-corrected chi connectivity index (χ2v) is 6.10. The molecule has 0 aliphatic carbocycles. The van der Waals surface area contributed by atoms with Crippen LogP contribution < -0.4 is 5.32 Å². The minimum Gasteiger partial charge on any atom is -0.396 e. The minimum absolute atomic E-state index is 0.0530. The highest BCUT2D eigenvalue weighted by Gasteiger charge is 2.16.